The van der Waals surface area contributed by atoms with Crippen LogP contribution in [-0.4, -0.2) is 10.1 Å². The van der Waals surface area contributed by atoms with Crippen LogP contribution in [0.1, 0.15) is 12.0 Å². The Balaban J connectivity index is 2.45. The van der Waals surface area contributed by atoms with E-state index in [0.29, 0.717) is 6.42 Å². The van der Waals surface area contributed by atoms with Crippen molar-refractivity contribution < 1.29 is 4.79 Å². The van der Waals surface area contributed by atoms with Gasteiger partial charge in [0.1, 0.15) is 0 Å². The van der Waals surface area contributed by atoms with E-state index in [-0.39, 0.29) is 5.12 Å². The Morgan fingerprint density at radius 1 is 1.45 bits per heavy atom. The molecule has 0 bridgehead atoms. The van der Waals surface area contributed by atoms with E-state index in [4.69, 9.17) is 0 Å². The van der Waals surface area contributed by atoms with Crippen molar-refractivity contribution >= 4 is 17.7 Å². The number of aryl methyl sites for hydroxylation is 1. The molecule has 0 aliphatic heterocycles. The predicted octanol–water partition coefficient (Wildman–Crippen LogP) is 1.47. The summed E-state index contributed by atoms with van der Waals surface area (Å²) < 4.78 is 0. The van der Waals surface area contributed by atoms with Crippen LogP contribution in [0.3, 0.4) is 0 Å². The smallest absolute Gasteiger partial charge is 0.186 e. The minimum atomic E-state index is -0.0678. The second kappa shape index (κ2) is 4.13. The summed E-state index contributed by atoms with van der Waals surface area (Å²) in [5, 5.41) is -0.0678. The Morgan fingerprint density at radius 3 is 2.64 bits per heavy atom. The molecule has 2 nitrogen and oxygen atoms in total. The van der Waals surface area contributed by atoms with Crippen LogP contribution in [0, 0.1) is 0 Å². The van der Waals surface area contributed by atoms with Gasteiger partial charge in [-0.25, -0.2) is 0 Å². The molecule has 0 saturated heterocycles. The van der Waals surface area contributed by atoms with E-state index >= 15 is 0 Å². The highest BCUT2D eigenvalue weighted by molar-refractivity contribution is 7.96. The van der Waals surface area contributed by atoms with Crippen molar-refractivity contribution in [2.45, 2.75) is 12.8 Å². The Bertz CT molecular complexity index is 235. The predicted molar refractivity (Wildman–Crippen MR) is 46.6 cm³/mol. The lowest BCUT2D eigenvalue weighted by Gasteiger charge is -1.95. The number of hydrogen-bond donors (Lipinski definition) is 1. The quantitative estimate of drug-likeness (QED) is 0.691. The van der Waals surface area contributed by atoms with Gasteiger partial charge in [0.2, 0.25) is 0 Å². The summed E-state index contributed by atoms with van der Waals surface area (Å²) in [5.41, 5.74) is 1.13. The van der Waals surface area contributed by atoms with E-state index in [1.165, 1.54) is 0 Å². The average Bonchev–Trinajstić information content (AvgIpc) is 2.03. The monoisotopic (exact) mass is 167 g/mol. The van der Waals surface area contributed by atoms with Crippen molar-refractivity contribution in [3.8, 4) is 0 Å². The average molecular weight is 167 g/mol. The Kier molecular flexibility index (Phi) is 3.11. The van der Waals surface area contributed by atoms with Crippen molar-refractivity contribution in [1.29, 1.82) is 0 Å². The lowest BCUT2D eigenvalue weighted by molar-refractivity contribution is -0.110. The van der Waals surface area contributed by atoms with Gasteiger partial charge < -0.3 is 0 Å². The number of pyridine rings is 1. The van der Waals surface area contributed by atoms with Crippen molar-refractivity contribution in [3.05, 3.63) is 30.1 Å². The van der Waals surface area contributed by atoms with Crippen LogP contribution in [0.25, 0.3) is 0 Å². The standard InChI is InChI=1S/C8H9NOS/c10-8(11)2-1-7-3-5-9-6-4-7/h3-6H,1-2H2,(H,10,11). The largest absolute Gasteiger partial charge is 0.287 e. The summed E-state index contributed by atoms with van der Waals surface area (Å²) >= 11 is 3.67. The number of hydrogen-bond acceptors (Lipinski definition) is 2. The molecule has 0 fully saturated rings. The fourth-order valence-corrected chi connectivity index (χ4v) is 0.913. The number of carbonyl (C=O) groups excluding carboxylic acids is 1. The molecule has 1 heterocycles. The van der Waals surface area contributed by atoms with Crippen LogP contribution in [0.4, 0.5) is 0 Å². The summed E-state index contributed by atoms with van der Waals surface area (Å²) in [6, 6.07) is 3.80. The van der Waals surface area contributed by atoms with Crippen LogP contribution >= 0.6 is 12.6 Å². The van der Waals surface area contributed by atoms with Gasteiger partial charge in [0.05, 0.1) is 0 Å². The molecule has 1 rings (SSSR count). The van der Waals surface area contributed by atoms with E-state index < -0.39 is 0 Å². The number of carbonyl (C=O) groups is 1. The maximum Gasteiger partial charge on any atom is 0.186 e. The molecule has 11 heavy (non-hydrogen) atoms. The summed E-state index contributed by atoms with van der Waals surface area (Å²) in [6.45, 7) is 0. The highest BCUT2D eigenvalue weighted by atomic mass is 32.1. The Hall–Kier alpha value is -0.830. The first-order valence-electron chi connectivity index (χ1n) is 3.40. The first-order valence-corrected chi connectivity index (χ1v) is 3.84. The van der Waals surface area contributed by atoms with Gasteiger partial charge in [-0.15, -0.1) is 12.6 Å². The zero-order valence-corrected chi connectivity index (χ0v) is 6.92. The van der Waals surface area contributed by atoms with Gasteiger partial charge in [-0.1, -0.05) is 0 Å². The Morgan fingerprint density at radius 2 is 2.09 bits per heavy atom. The molecule has 0 saturated carbocycles. The molecule has 0 aromatic carbocycles. The van der Waals surface area contributed by atoms with E-state index in [1.54, 1.807) is 12.4 Å². The fourth-order valence-electron chi connectivity index (χ4n) is 0.801. The molecule has 0 aliphatic carbocycles. The second-order valence-corrected chi connectivity index (χ2v) is 2.75. The van der Waals surface area contributed by atoms with Crippen LogP contribution in [0.2, 0.25) is 0 Å². The van der Waals surface area contributed by atoms with Gasteiger partial charge in [-0.05, 0) is 24.1 Å². The van der Waals surface area contributed by atoms with E-state index in [2.05, 4.69) is 17.6 Å². The third-order valence-electron chi connectivity index (χ3n) is 1.38. The molecule has 58 valence electrons. The summed E-state index contributed by atoms with van der Waals surface area (Å²) in [5.74, 6) is 0. The van der Waals surface area contributed by atoms with Crippen LogP contribution in [0.15, 0.2) is 24.5 Å². The molecule has 0 N–H and O–H groups in total. The van der Waals surface area contributed by atoms with Crippen molar-refractivity contribution in [2.24, 2.45) is 0 Å². The van der Waals surface area contributed by atoms with Crippen molar-refractivity contribution in [2.75, 3.05) is 0 Å². The van der Waals surface area contributed by atoms with Gasteiger partial charge >= 0.3 is 0 Å². The first-order chi connectivity index (χ1) is 5.29. The topological polar surface area (TPSA) is 30.0 Å². The zero-order valence-electron chi connectivity index (χ0n) is 6.03. The molecular weight excluding hydrogens is 158 g/mol. The molecule has 0 aliphatic rings. The normalized spacial score (nSPS) is 9.55. The van der Waals surface area contributed by atoms with E-state index in [9.17, 15) is 4.79 Å². The van der Waals surface area contributed by atoms with Gasteiger partial charge in [-0.3, -0.25) is 9.78 Å². The van der Waals surface area contributed by atoms with Crippen LogP contribution < -0.4 is 0 Å². The van der Waals surface area contributed by atoms with E-state index in [0.717, 1.165) is 12.0 Å². The molecule has 1 aromatic rings. The van der Waals surface area contributed by atoms with Crippen molar-refractivity contribution in [3.63, 3.8) is 0 Å². The summed E-state index contributed by atoms with van der Waals surface area (Å²) in [7, 11) is 0. The highest BCUT2D eigenvalue weighted by Gasteiger charge is 1.95. The van der Waals surface area contributed by atoms with E-state index in [1.807, 2.05) is 12.1 Å². The molecule has 0 spiro atoms. The molecular formula is C8H9NOS. The SMILES string of the molecule is O=C(S)CCc1ccncc1. The fraction of sp³-hybridized carbons (Fsp3) is 0.250. The third-order valence-corrected chi connectivity index (χ3v) is 1.60. The van der Waals surface area contributed by atoms with Gasteiger partial charge in [0.25, 0.3) is 0 Å². The Labute approximate surface area is 71.1 Å². The van der Waals surface area contributed by atoms with Gasteiger partial charge in [0, 0.05) is 18.8 Å². The maximum atomic E-state index is 10.5. The minimum Gasteiger partial charge on any atom is -0.287 e. The molecule has 3 heteroatoms. The number of nitrogens with zero attached hydrogens (tertiary/aromatic N) is 1. The van der Waals surface area contributed by atoms with Gasteiger partial charge in [-0.2, -0.15) is 0 Å². The lowest BCUT2D eigenvalue weighted by atomic mass is 10.2. The van der Waals surface area contributed by atoms with Crippen molar-refractivity contribution in [1.82, 2.24) is 4.98 Å². The van der Waals surface area contributed by atoms with Gasteiger partial charge in [0.15, 0.2) is 5.12 Å². The lowest BCUT2D eigenvalue weighted by Crippen LogP contribution is -1.91. The third kappa shape index (κ3) is 3.18. The minimum absolute atomic E-state index is 0.0678. The van der Waals surface area contributed by atoms with Crippen LogP contribution in [-0.2, 0) is 11.2 Å². The molecule has 0 radical (unpaired) electrons. The summed E-state index contributed by atoms with van der Waals surface area (Å²) in [4.78, 5) is 14.3. The van der Waals surface area contributed by atoms with Crippen LogP contribution in [0.5, 0.6) is 0 Å². The number of thiol groups is 1. The molecule has 0 atom stereocenters. The maximum absolute atomic E-state index is 10.5. The molecule has 0 unspecified atom stereocenters. The highest BCUT2D eigenvalue weighted by Crippen LogP contribution is 2.01. The number of aromatic nitrogens is 1. The number of rotatable bonds is 3. The first kappa shape index (κ1) is 8.27. The zero-order chi connectivity index (χ0) is 8.10. The molecule has 1 aromatic heterocycles. The summed E-state index contributed by atoms with van der Waals surface area (Å²) in [6.07, 6.45) is 4.69. The molecule has 0 amide bonds. The second-order valence-electron chi connectivity index (χ2n) is 2.25.